The maximum Gasteiger partial charge on any atom is 0.338 e. The molecular weight excluding hydrogens is 414 g/mol. The van der Waals surface area contributed by atoms with Crippen molar-refractivity contribution in [2.45, 2.75) is 31.2 Å². The van der Waals surface area contributed by atoms with Gasteiger partial charge in [0.05, 0.1) is 16.9 Å². The van der Waals surface area contributed by atoms with Crippen LogP contribution < -0.4 is 20.7 Å². The number of para-hydroxylation sites is 2. The fourth-order valence-corrected chi connectivity index (χ4v) is 4.25. The number of anilines is 2. The molecule has 3 N–H and O–H groups in total. The Kier molecular flexibility index (Phi) is 5.81. The van der Waals surface area contributed by atoms with E-state index in [9.17, 15) is 19.2 Å². The Morgan fingerprint density at radius 1 is 1.00 bits per heavy atom. The molecule has 0 atom stereocenters. The van der Waals surface area contributed by atoms with Gasteiger partial charge in [-0.25, -0.2) is 4.79 Å². The van der Waals surface area contributed by atoms with Crippen molar-refractivity contribution in [2.75, 3.05) is 23.4 Å². The van der Waals surface area contributed by atoms with Crippen LogP contribution in [0.15, 0.2) is 48.5 Å². The summed E-state index contributed by atoms with van der Waals surface area (Å²) in [5.74, 6) is -1.59. The number of hydrogen-bond acceptors (Lipinski definition) is 6. The summed E-state index contributed by atoms with van der Waals surface area (Å²) in [5, 5.41) is 2.91. The molecule has 1 aliphatic heterocycles. The van der Waals surface area contributed by atoms with E-state index in [-0.39, 0.29) is 18.1 Å². The fourth-order valence-electron chi connectivity index (χ4n) is 4.25. The van der Waals surface area contributed by atoms with Crippen LogP contribution >= 0.6 is 0 Å². The Balaban J connectivity index is 1.47. The number of nitrogens with two attached hydrogens (primary N) is 1. The molecule has 0 bridgehead atoms. The summed E-state index contributed by atoms with van der Waals surface area (Å²) in [7, 11) is 0. The molecule has 9 nitrogen and oxygen atoms in total. The molecular formula is C23H23N3O6. The van der Waals surface area contributed by atoms with Crippen molar-refractivity contribution >= 4 is 35.1 Å². The summed E-state index contributed by atoms with van der Waals surface area (Å²) in [5.41, 5.74) is 5.45. The van der Waals surface area contributed by atoms with Crippen molar-refractivity contribution in [2.24, 2.45) is 5.73 Å². The molecule has 9 heteroatoms. The molecule has 1 saturated carbocycles. The van der Waals surface area contributed by atoms with Gasteiger partial charge < -0.3 is 20.5 Å². The minimum atomic E-state index is -0.961. The molecule has 2 aromatic carbocycles. The van der Waals surface area contributed by atoms with E-state index in [1.165, 1.54) is 29.2 Å². The molecule has 2 aromatic rings. The van der Waals surface area contributed by atoms with Crippen molar-refractivity contribution in [3.63, 3.8) is 0 Å². The molecule has 0 radical (unpaired) electrons. The first kappa shape index (κ1) is 21.4. The number of rotatable bonds is 6. The topological polar surface area (TPSA) is 128 Å². The highest BCUT2D eigenvalue weighted by molar-refractivity contribution is 6.15. The van der Waals surface area contributed by atoms with E-state index in [2.05, 4.69) is 5.32 Å². The number of hydrogen-bond donors (Lipinski definition) is 2. The summed E-state index contributed by atoms with van der Waals surface area (Å²) in [6, 6.07) is 13.0. The molecule has 3 amide bonds. The monoisotopic (exact) mass is 437 g/mol. The van der Waals surface area contributed by atoms with Crippen molar-refractivity contribution in [3.8, 4) is 5.75 Å². The largest absolute Gasteiger partial charge is 0.484 e. The Hall–Kier alpha value is -3.88. The van der Waals surface area contributed by atoms with Crippen LogP contribution in [0.5, 0.6) is 5.75 Å². The predicted molar refractivity (Wildman–Crippen MR) is 115 cm³/mol. The SMILES string of the molecule is NC(=O)COc1ccc(C(=O)OCC(=O)N2c3ccccc3NC(=O)C23CCCC3)cc1. The van der Waals surface area contributed by atoms with Gasteiger partial charge in [0.2, 0.25) is 0 Å². The first-order chi connectivity index (χ1) is 15.4. The standard InChI is InChI=1S/C23H23N3O6/c24-19(27)13-31-16-9-7-15(8-10-16)21(29)32-14-20(28)26-18-6-2-1-5-17(18)25-22(30)23(26)11-3-4-12-23/h1-2,5-10H,3-4,11-14H2,(H2,24,27)(H,25,30). The highest BCUT2D eigenvalue weighted by atomic mass is 16.5. The average Bonchev–Trinajstić information content (AvgIpc) is 3.27. The average molecular weight is 437 g/mol. The molecule has 1 aliphatic carbocycles. The van der Waals surface area contributed by atoms with Crippen LogP contribution in [0.25, 0.3) is 0 Å². The molecule has 2 aliphatic rings. The number of ether oxygens (including phenoxy) is 2. The van der Waals surface area contributed by atoms with Crippen molar-refractivity contribution in [3.05, 3.63) is 54.1 Å². The van der Waals surface area contributed by atoms with Crippen LogP contribution in [0.1, 0.15) is 36.0 Å². The van der Waals surface area contributed by atoms with E-state index in [0.717, 1.165) is 12.8 Å². The second-order valence-corrected chi connectivity index (χ2v) is 7.79. The second-order valence-electron chi connectivity index (χ2n) is 7.79. The minimum absolute atomic E-state index is 0.208. The summed E-state index contributed by atoms with van der Waals surface area (Å²) >= 11 is 0. The predicted octanol–water partition coefficient (Wildman–Crippen LogP) is 2.01. The third kappa shape index (κ3) is 4.01. The maximum atomic E-state index is 13.2. The van der Waals surface area contributed by atoms with Crippen LogP contribution in [0.2, 0.25) is 0 Å². The number of carbonyl (C=O) groups is 4. The van der Waals surface area contributed by atoms with Gasteiger partial charge in [-0.1, -0.05) is 25.0 Å². The van der Waals surface area contributed by atoms with E-state index >= 15 is 0 Å². The van der Waals surface area contributed by atoms with Gasteiger partial charge in [0.1, 0.15) is 11.3 Å². The van der Waals surface area contributed by atoms with Crippen LogP contribution in [-0.2, 0) is 19.1 Å². The Morgan fingerprint density at radius 3 is 2.38 bits per heavy atom. The van der Waals surface area contributed by atoms with Gasteiger partial charge in [-0.3, -0.25) is 19.3 Å². The van der Waals surface area contributed by atoms with E-state index < -0.39 is 29.9 Å². The molecule has 0 saturated heterocycles. The van der Waals surface area contributed by atoms with Gasteiger partial charge in [-0.05, 0) is 49.2 Å². The molecule has 0 unspecified atom stereocenters. The number of amides is 3. The van der Waals surface area contributed by atoms with Gasteiger partial charge in [0, 0.05) is 0 Å². The maximum absolute atomic E-state index is 13.2. The third-order valence-electron chi connectivity index (χ3n) is 5.72. The Labute approximate surface area is 184 Å². The zero-order valence-corrected chi connectivity index (χ0v) is 17.3. The van der Waals surface area contributed by atoms with Crippen molar-refractivity contribution in [1.29, 1.82) is 0 Å². The molecule has 4 rings (SSSR count). The molecule has 0 aromatic heterocycles. The van der Waals surface area contributed by atoms with Gasteiger partial charge in [-0.15, -0.1) is 0 Å². The fraction of sp³-hybridized carbons (Fsp3) is 0.304. The van der Waals surface area contributed by atoms with Crippen LogP contribution in [-0.4, -0.2) is 42.4 Å². The number of nitrogens with zero attached hydrogens (tertiary/aromatic N) is 1. The van der Waals surface area contributed by atoms with Crippen LogP contribution in [0.4, 0.5) is 11.4 Å². The lowest BCUT2D eigenvalue weighted by Gasteiger charge is -2.44. The summed E-state index contributed by atoms with van der Waals surface area (Å²) in [6.07, 6.45) is 2.78. The molecule has 32 heavy (non-hydrogen) atoms. The number of esters is 1. The zero-order valence-electron chi connectivity index (χ0n) is 17.3. The second kappa shape index (κ2) is 8.70. The van der Waals surface area contributed by atoms with E-state index in [1.54, 1.807) is 24.3 Å². The van der Waals surface area contributed by atoms with Gasteiger partial charge in [0.25, 0.3) is 17.7 Å². The van der Waals surface area contributed by atoms with E-state index in [1.807, 2.05) is 0 Å². The van der Waals surface area contributed by atoms with Gasteiger partial charge in [0.15, 0.2) is 13.2 Å². The highest BCUT2D eigenvalue weighted by Crippen LogP contribution is 2.45. The summed E-state index contributed by atoms with van der Waals surface area (Å²) < 4.78 is 10.4. The lowest BCUT2D eigenvalue weighted by Crippen LogP contribution is -2.61. The summed E-state index contributed by atoms with van der Waals surface area (Å²) in [4.78, 5) is 50.9. The molecule has 166 valence electrons. The Morgan fingerprint density at radius 2 is 1.69 bits per heavy atom. The lowest BCUT2D eigenvalue weighted by molar-refractivity contribution is -0.129. The molecule has 1 fully saturated rings. The molecule has 1 spiro atoms. The van der Waals surface area contributed by atoms with E-state index in [0.29, 0.717) is 30.0 Å². The number of primary amides is 1. The normalized spacial score (nSPS) is 16.2. The first-order valence-corrected chi connectivity index (χ1v) is 10.3. The van der Waals surface area contributed by atoms with Gasteiger partial charge in [-0.2, -0.15) is 0 Å². The number of benzene rings is 2. The van der Waals surface area contributed by atoms with Crippen molar-refractivity contribution < 1.29 is 28.7 Å². The smallest absolute Gasteiger partial charge is 0.338 e. The molecule has 1 heterocycles. The lowest BCUT2D eigenvalue weighted by atomic mass is 9.90. The quantitative estimate of drug-likeness (QED) is 0.666. The summed E-state index contributed by atoms with van der Waals surface area (Å²) in [6.45, 7) is -0.771. The minimum Gasteiger partial charge on any atom is -0.484 e. The first-order valence-electron chi connectivity index (χ1n) is 10.3. The van der Waals surface area contributed by atoms with Gasteiger partial charge >= 0.3 is 5.97 Å². The number of carbonyl (C=O) groups excluding carboxylic acids is 4. The van der Waals surface area contributed by atoms with Crippen LogP contribution in [0.3, 0.4) is 0 Å². The number of fused-ring (bicyclic) bond motifs is 1. The van der Waals surface area contributed by atoms with E-state index in [4.69, 9.17) is 15.2 Å². The zero-order chi connectivity index (χ0) is 22.7. The third-order valence-corrected chi connectivity index (χ3v) is 5.72. The van der Waals surface area contributed by atoms with Crippen molar-refractivity contribution in [1.82, 2.24) is 0 Å². The number of nitrogens with one attached hydrogen (secondary N) is 1. The highest BCUT2D eigenvalue weighted by Gasteiger charge is 2.52. The van der Waals surface area contributed by atoms with Crippen LogP contribution in [0, 0.1) is 0 Å². The Bertz CT molecular complexity index is 1060.